The third kappa shape index (κ3) is 8.63. The Morgan fingerprint density at radius 3 is 1.23 bits per heavy atom. The molecule has 1 aliphatic carbocycles. The van der Waals surface area contributed by atoms with Gasteiger partial charge in [0.05, 0.1) is 17.8 Å². The minimum atomic E-state index is -6.55. The first-order valence-electron chi connectivity index (χ1n) is 14.3. The van der Waals surface area contributed by atoms with Crippen LogP contribution in [-0.2, 0) is 29.2 Å². The van der Waals surface area contributed by atoms with Crippen molar-refractivity contribution in [3.8, 4) is 11.5 Å². The van der Waals surface area contributed by atoms with Gasteiger partial charge in [-0.1, -0.05) is 35.4 Å². The maximum atomic E-state index is 13.9. The van der Waals surface area contributed by atoms with E-state index in [1.165, 1.54) is 0 Å². The summed E-state index contributed by atoms with van der Waals surface area (Å²) in [5, 5.41) is 0. The molecule has 1 fully saturated rings. The number of ether oxygens (including phenoxy) is 3. The molecule has 1 saturated carbocycles. The zero-order chi connectivity index (χ0) is 35.9. The lowest BCUT2D eigenvalue weighted by atomic mass is 9.75. The molecule has 47 heavy (non-hydrogen) atoms. The van der Waals surface area contributed by atoms with E-state index in [0.717, 1.165) is 11.1 Å². The van der Waals surface area contributed by atoms with E-state index in [9.17, 15) is 49.1 Å². The fourth-order valence-corrected chi connectivity index (χ4v) is 6.80. The van der Waals surface area contributed by atoms with Gasteiger partial charge in [0.25, 0.3) is 10.1 Å². The smallest absolute Gasteiger partial charge is 0.438 e. The third-order valence-electron chi connectivity index (χ3n) is 7.90. The van der Waals surface area contributed by atoms with E-state index in [-0.39, 0.29) is 17.9 Å². The lowest BCUT2D eigenvalue weighted by molar-refractivity contribution is -0.362. The van der Waals surface area contributed by atoms with Crippen LogP contribution in [0.2, 0.25) is 0 Å². The number of carbonyl (C=O) groups excluding carboxylic acids is 3. The largest absolute Gasteiger partial charge is 0.438 e. The highest BCUT2D eigenvalue weighted by Crippen LogP contribution is 2.48. The predicted molar refractivity (Wildman–Crippen MR) is 154 cm³/mol. The van der Waals surface area contributed by atoms with Crippen molar-refractivity contribution in [3.05, 3.63) is 57.6 Å². The molecule has 16 heteroatoms. The predicted octanol–water partition coefficient (Wildman–Crippen LogP) is 6.38. The Kier molecular flexibility index (Phi) is 10.8. The molecule has 0 bridgehead atoms. The molecule has 1 N–H and O–H groups in total. The normalized spacial score (nSPS) is 19.2. The molecule has 0 radical (unpaired) electrons. The van der Waals surface area contributed by atoms with Crippen molar-refractivity contribution >= 4 is 28.0 Å². The van der Waals surface area contributed by atoms with Crippen LogP contribution in [0.3, 0.4) is 0 Å². The number of hydrogen-bond acceptors (Lipinski definition) is 8. The minimum absolute atomic E-state index is 0.136. The molecule has 3 rings (SSSR count). The van der Waals surface area contributed by atoms with Gasteiger partial charge in [-0.15, -0.1) is 0 Å². The van der Waals surface area contributed by atoms with E-state index in [1.807, 2.05) is 0 Å². The van der Waals surface area contributed by atoms with Gasteiger partial charge in [0.15, 0.2) is 0 Å². The summed E-state index contributed by atoms with van der Waals surface area (Å²) in [6.45, 7) is 10.1. The Morgan fingerprint density at radius 2 is 0.957 bits per heavy atom. The van der Waals surface area contributed by atoms with Crippen molar-refractivity contribution in [3.63, 3.8) is 0 Å². The van der Waals surface area contributed by atoms with E-state index < -0.39 is 82.3 Å². The summed E-state index contributed by atoms with van der Waals surface area (Å²) in [5.74, 6) is -11.8. The van der Waals surface area contributed by atoms with E-state index in [2.05, 4.69) is 4.74 Å². The number of benzene rings is 2. The Bertz CT molecular complexity index is 1520. The van der Waals surface area contributed by atoms with Crippen molar-refractivity contribution in [1.29, 1.82) is 0 Å². The van der Waals surface area contributed by atoms with Gasteiger partial charge in [0.1, 0.15) is 17.3 Å². The standard InChI is InChI=1S/C31H34F6O9S/c1-15-7-17(3)24(18(4)8-15)44-26(38)21-11-22(27(39)45-25-19(5)9-16(2)10-20(25)6)13-23(12-21)28(40)46-29(30(32,33)34,31(35,36)37)14-47(41,42)43/h7-10,21-23H,11-14H2,1-6H3,(H,41,42,43). The van der Waals surface area contributed by atoms with Gasteiger partial charge in [-0.25, -0.2) is 0 Å². The molecule has 0 spiro atoms. The van der Waals surface area contributed by atoms with E-state index in [1.54, 1.807) is 65.8 Å². The first-order valence-corrected chi connectivity index (χ1v) is 15.9. The second-order valence-electron chi connectivity index (χ2n) is 12.1. The van der Waals surface area contributed by atoms with Gasteiger partial charge in [0, 0.05) is 0 Å². The average Bonchev–Trinajstić information content (AvgIpc) is 2.89. The van der Waals surface area contributed by atoms with Gasteiger partial charge in [-0.05, 0) is 83.1 Å². The van der Waals surface area contributed by atoms with Crippen LogP contribution in [-0.4, -0.2) is 54.6 Å². The maximum Gasteiger partial charge on any atom is 0.438 e. The van der Waals surface area contributed by atoms with E-state index in [0.29, 0.717) is 22.3 Å². The van der Waals surface area contributed by atoms with Crippen molar-refractivity contribution in [2.75, 3.05) is 5.75 Å². The van der Waals surface area contributed by atoms with Gasteiger partial charge < -0.3 is 14.2 Å². The van der Waals surface area contributed by atoms with Crippen molar-refractivity contribution in [2.45, 2.75) is 78.8 Å². The summed E-state index contributed by atoms with van der Waals surface area (Å²) >= 11 is 0. The number of alkyl halides is 6. The van der Waals surface area contributed by atoms with Gasteiger partial charge in [0.2, 0.25) is 0 Å². The van der Waals surface area contributed by atoms with Crippen molar-refractivity contribution in [1.82, 2.24) is 0 Å². The molecular weight excluding hydrogens is 662 g/mol. The molecule has 1 aliphatic rings. The van der Waals surface area contributed by atoms with Crippen LogP contribution in [0.5, 0.6) is 11.5 Å². The Morgan fingerprint density at radius 1 is 0.660 bits per heavy atom. The maximum absolute atomic E-state index is 13.9. The molecule has 0 aliphatic heterocycles. The van der Waals surface area contributed by atoms with Crippen molar-refractivity contribution < 1.29 is 67.9 Å². The summed E-state index contributed by atoms with van der Waals surface area (Å²) < 4.78 is 130. The van der Waals surface area contributed by atoms with Crippen LogP contribution < -0.4 is 9.47 Å². The molecule has 2 unspecified atom stereocenters. The van der Waals surface area contributed by atoms with Crippen LogP contribution in [0.25, 0.3) is 0 Å². The summed E-state index contributed by atoms with van der Waals surface area (Å²) in [7, 11) is -6.03. The van der Waals surface area contributed by atoms with Crippen LogP contribution in [0.15, 0.2) is 24.3 Å². The molecule has 260 valence electrons. The first kappa shape index (κ1) is 37.8. The highest BCUT2D eigenvalue weighted by molar-refractivity contribution is 7.85. The van der Waals surface area contributed by atoms with E-state index in [4.69, 9.17) is 14.0 Å². The summed E-state index contributed by atoms with van der Waals surface area (Å²) in [4.78, 5) is 39.9. The zero-order valence-electron chi connectivity index (χ0n) is 26.3. The van der Waals surface area contributed by atoms with Crippen LogP contribution >= 0.6 is 0 Å². The molecule has 0 amide bonds. The fourth-order valence-electron chi connectivity index (χ4n) is 5.90. The summed E-state index contributed by atoms with van der Waals surface area (Å²) in [5.41, 5.74) is -1.83. The van der Waals surface area contributed by atoms with Gasteiger partial charge >= 0.3 is 35.9 Å². The molecule has 0 saturated heterocycles. The number of hydrogen-bond donors (Lipinski definition) is 1. The van der Waals surface area contributed by atoms with Crippen LogP contribution in [0.4, 0.5) is 26.3 Å². The second kappa shape index (κ2) is 13.5. The SMILES string of the molecule is Cc1cc(C)c(OC(=O)C2CC(C(=O)Oc3c(C)cc(C)cc3C)CC(C(=O)OC(CS(=O)(=O)O)(C(F)(F)F)C(F)(F)F)C2)c(C)c1. The summed E-state index contributed by atoms with van der Waals surface area (Å²) in [6, 6.07) is 6.80. The summed E-state index contributed by atoms with van der Waals surface area (Å²) in [6.07, 6.45) is -14.9. The number of rotatable bonds is 8. The lowest BCUT2D eigenvalue weighted by Crippen LogP contribution is -2.64. The fraction of sp³-hybridized carbons (Fsp3) is 0.516. The average molecular weight is 697 g/mol. The molecule has 2 atom stereocenters. The zero-order valence-corrected chi connectivity index (χ0v) is 27.1. The highest BCUT2D eigenvalue weighted by atomic mass is 32.2. The Labute approximate surface area is 267 Å². The Balaban J connectivity index is 2.03. The minimum Gasteiger partial charge on any atom is -0.438 e. The molecule has 0 aromatic heterocycles. The molecule has 9 nitrogen and oxygen atoms in total. The number of aryl methyl sites for hydroxylation is 6. The lowest BCUT2D eigenvalue weighted by Gasteiger charge is -2.38. The number of halogens is 6. The molecule has 2 aromatic carbocycles. The van der Waals surface area contributed by atoms with Gasteiger partial charge in [-0.3, -0.25) is 18.9 Å². The number of esters is 3. The second-order valence-corrected chi connectivity index (χ2v) is 13.5. The van der Waals surface area contributed by atoms with E-state index >= 15 is 0 Å². The molecule has 0 heterocycles. The van der Waals surface area contributed by atoms with Gasteiger partial charge in [-0.2, -0.15) is 34.8 Å². The van der Waals surface area contributed by atoms with Crippen molar-refractivity contribution in [2.24, 2.45) is 17.8 Å². The quantitative estimate of drug-likeness (QED) is 0.145. The monoisotopic (exact) mass is 696 g/mol. The van der Waals surface area contributed by atoms with Crippen LogP contribution in [0, 0.1) is 59.3 Å². The topological polar surface area (TPSA) is 133 Å². The number of carbonyl (C=O) groups is 3. The molecular formula is C31H34F6O9S. The Hall–Kier alpha value is -3.66. The highest BCUT2D eigenvalue weighted by Gasteiger charge is 2.76. The van der Waals surface area contributed by atoms with Crippen LogP contribution in [0.1, 0.15) is 52.6 Å². The third-order valence-corrected chi connectivity index (χ3v) is 8.67. The molecule has 2 aromatic rings. The first-order chi connectivity index (χ1) is 21.3.